The molecular weight excluding hydrogens is 444 g/mol. The number of nitrogens with two attached hydrogens (primary N) is 2. The van der Waals surface area contributed by atoms with Crippen molar-refractivity contribution in [3.8, 4) is 0 Å². The molecule has 4 saturated heterocycles. The van der Waals surface area contributed by atoms with Crippen molar-refractivity contribution in [1.29, 1.82) is 0 Å². The molecule has 33 heavy (non-hydrogen) atoms. The lowest BCUT2D eigenvalue weighted by molar-refractivity contribution is 0.400. The summed E-state index contributed by atoms with van der Waals surface area (Å²) in [6.45, 7) is 2.62. The lowest BCUT2D eigenvalue weighted by Gasteiger charge is -2.21. The van der Waals surface area contributed by atoms with Crippen LogP contribution < -0.4 is 11.5 Å². The summed E-state index contributed by atoms with van der Waals surface area (Å²) < 4.78 is 50.4. The Bertz CT molecular complexity index is 1110. The Morgan fingerprint density at radius 3 is 1.30 bits per heavy atom. The quantitative estimate of drug-likeness (QED) is 0.392. The monoisotopic (exact) mass is 472 g/mol. The Kier molecular flexibility index (Phi) is 5.15. The number of nitrogen functional groups attached to an aromatic ring is 2. The highest BCUT2D eigenvalue weighted by atomic mass is 32.2. The third-order valence-corrected chi connectivity index (χ3v) is 8.72. The summed E-state index contributed by atoms with van der Waals surface area (Å²) in [6.07, 6.45) is 2.57. The minimum absolute atomic E-state index is 0.00894. The molecule has 9 heteroatoms. The Labute approximate surface area is 193 Å². The fourth-order valence-corrected chi connectivity index (χ4v) is 6.67. The highest BCUT2D eigenvalue weighted by Gasteiger charge is 2.37. The second kappa shape index (κ2) is 7.95. The van der Waals surface area contributed by atoms with Gasteiger partial charge in [0, 0.05) is 25.7 Å². The lowest BCUT2D eigenvalue weighted by Crippen LogP contribution is -2.18. The number of benzene rings is 2. The van der Waals surface area contributed by atoms with E-state index in [0.717, 1.165) is 22.3 Å². The van der Waals surface area contributed by atoms with Crippen molar-refractivity contribution in [2.45, 2.75) is 59.9 Å². The number of hydrogen-bond acceptors (Lipinski definition) is 8. The SMILES string of the molecule is Nc1ccc(CC2CO2)c(CC2CO2)c1S(=O)(=O)c1c(N)ccc(CC2CO2)c1CC1CO1. The summed E-state index contributed by atoms with van der Waals surface area (Å²) in [7, 11) is -4.02. The molecule has 0 amide bonds. The first kappa shape index (κ1) is 21.4. The van der Waals surface area contributed by atoms with Crippen LogP contribution in [0.1, 0.15) is 22.3 Å². The van der Waals surface area contributed by atoms with Crippen molar-refractivity contribution in [2.75, 3.05) is 37.9 Å². The molecule has 4 unspecified atom stereocenters. The van der Waals surface area contributed by atoms with E-state index in [9.17, 15) is 8.42 Å². The molecule has 0 aliphatic carbocycles. The number of epoxide rings is 4. The van der Waals surface area contributed by atoms with Gasteiger partial charge in [-0.1, -0.05) is 12.1 Å². The second-order valence-corrected chi connectivity index (χ2v) is 11.2. The average molecular weight is 473 g/mol. The van der Waals surface area contributed by atoms with Crippen molar-refractivity contribution in [3.05, 3.63) is 46.5 Å². The topological polar surface area (TPSA) is 136 Å². The van der Waals surface area contributed by atoms with Gasteiger partial charge in [0.25, 0.3) is 0 Å². The molecule has 4 aliphatic rings. The summed E-state index contributed by atoms with van der Waals surface area (Å²) in [4.78, 5) is 0.307. The molecule has 2 aromatic rings. The van der Waals surface area contributed by atoms with E-state index in [-0.39, 0.29) is 45.6 Å². The molecule has 8 nitrogen and oxygen atoms in total. The summed E-state index contributed by atoms with van der Waals surface area (Å²) >= 11 is 0. The Balaban J connectivity index is 1.51. The van der Waals surface area contributed by atoms with Gasteiger partial charge in [0.15, 0.2) is 0 Å². The normalized spacial score (nSPS) is 27.4. The van der Waals surface area contributed by atoms with Gasteiger partial charge in [0.05, 0.1) is 72.0 Å². The highest BCUT2D eigenvalue weighted by molar-refractivity contribution is 7.92. The van der Waals surface area contributed by atoms with Gasteiger partial charge in [-0.25, -0.2) is 8.42 Å². The number of ether oxygens (including phenoxy) is 4. The fraction of sp³-hybridized carbons (Fsp3) is 0.500. The molecule has 2 aromatic carbocycles. The molecule has 0 bridgehead atoms. The van der Waals surface area contributed by atoms with Crippen LogP contribution in [0.3, 0.4) is 0 Å². The molecule has 176 valence electrons. The minimum atomic E-state index is -4.02. The molecule has 4 N–H and O–H groups in total. The Hall–Kier alpha value is -2.17. The van der Waals surface area contributed by atoms with Crippen LogP contribution in [-0.2, 0) is 54.5 Å². The van der Waals surface area contributed by atoms with Gasteiger partial charge in [0.2, 0.25) is 9.84 Å². The molecular formula is C24H28N2O6S. The van der Waals surface area contributed by atoms with Crippen LogP contribution in [0.25, 0.3) is 0 Å². The fourth-order valence-electron chi connectivity index (χ4n) is 4.63. The van der Waals surface area contributed by atoms with Crippen LogP contribution in [0, 0.1) is 0 Å². The van der Waals surface area contributed by atoms with Crippen LogP contribution >= 0.6 is 0 Å². The third-order valence-electron chi connectivity index (χ3n) is 6.68. The molecule has 4 heterocycles. The molecule has 6 rings (SSSR count). The maximum atomic E-state index is 14.3. The minimum Gasteiger partial charge on any atom is -0.398 e. The van der Waals surface area contributed by atoms with Gasteiger partial charge < -0.3 is 30.4 Å². The maximum Gasteiger partial charge on any atom is 0.211 e. The van der Waals surface area contributed by atoms with E-state index in [1.807, 2.05) is 12.1 Å². The van der Waals surface area contributed by atoms with Crippen LogP contribution in [-0.4, -0.2) is 59.3 Å². The number of sulfone groups is 1. The first-order valence-corrected chi connectivity index (χ1v) is 12.9. The van der Waals surface area contributed by atoms with Gasteiger partial charge in [-0.15, -0.1) is 0 Å². The van der Waals surface area contributed by atoms with Gasteiger partial charge in [-0.3, -0.25) is 0 Å². The summed E-state index contributed by atoms with van der Waals surface area (Å²) in [5.74, 6) is 0. The number of anilines is 2. The lowest BCUT2D eigenvalue weighted by atomic mass is 9.98. The largest absolute Gasteiger partial charge is 0.398 e. The van der Waals surface area contributed by atoms with E-state index in [1.165, 1.54) is 0 Å². The Morgan fingerprint density at radius 1 is 0.636 bits per heavy atom. The second-order valence-electron chi connectivity index (χ2n) is 9.38. The number of hydrogen-bond donors (Lipinski definition) is 2. The zero-order valence-electron chi connectivity index (χ0n) is 18.3. The first-order valence-electron chi connectivity index (χ1n) is 11.4. The van der Waals surface area contributed by atoms with Gasteiger partial charge in [-0.05, 0) is 34.4 Å². The molecule has 4 atom stereocenters. The van der Waals surface area contributed by atoms with Crippen molar-refractivity contribution in [1.82, 2.24) is 0 Å². The highest BCUT2D eigenvalue weighted by Crippen LogP contribution is 2.40. The molecule has 0 aromatic heterocycles. The van der Waals surface area contributed by atoms with Gasteiger partial charge in [-0.2, -0.15) is 0 Å². The van der Waals surface area contributed by atoms with Crippen LogP contribution in [0.2, 0.25) is 0 Å². The zero-order valence-corrected chi connectivity index (χ0v) is 19.1. The van der Waals surface area contributed by atoms with Crippen molar-refractivity contribution >= 4 is 21.2 Å². The van der Waals surface area contributed by atoms with E-state index < -0.39 is 9.84 Å². The van der Waals surface area contributed by atoms with Gasteiger partial charge >= 0.3 is 0 Å². The predicted molar refractivity (Wildman–Crippen MR) is 121 cm³/mol. The molecule has 4 fully saturated rings. The van der Waals surface area contributed by atoms with Crippen molar-refractivity contribution < 1.29 is 27.4 Å². The summed E-state index contributed by atoms with van der Waals surface area (Å²) in [6, 6.07) is 7.20. The molecule has 4 aliphatic heterocycles. The van der Waals surface area contributed by atoms with E-state index in [1.54, 1.807) is 12.1 Å². The van der Waals surface area contributed by atoms with E-state index in [2.05, 4.69) is 0 Å². The van der Waals surface area contributed by atoms with Crippen LogP contribution in [0.4, 0.5) is 11.4 Å². The molecule has 0 spiro atoms. The van der Waals surface area contributed by atoms with Gasteiger partial charge in [0.1, 0.15) is 0 Å². The van der Waals surface area contributed by atoms with E-state index >= 15 is 0 Å². The van der Waals surface area contributed by atoms with E-state index in [0.29, 0.717) is 52.1 Å². The number of rotatable bonds is 10. The maximum absolute atomic E-state index is 14.3. The van der Waals surface area contributed by atoms with E-state index in [4.69, 9.17) is 30.4 Å². The first-order chi connectivity index (χ1) is 15.9. The predicted octanol–water partition coefficient (Wildman–Crippen LogP) is 1.45. The molecule has 0 saturated carbocycles. The summed E-state index contributed by atoms with van der Waals surface area (Å²) in [5.41, 5.74) is 16.5. The Morgan fingerprint density at radius 2 is 0.970 bits per heavy atom. The smallest absolute Gasteiger partial charge is 0.211 e. The average Bonchev–Trinajstić information content (AvgIpc) is 3.59. The van der Waals surface area contributed by atoms with Crippen LogP contribution in [0.5, 0.6) is 0 Å². The summed E-state index contributed by atoms with van der Waals surface area (Å²) in [5, 5.41) is 0. The third kappa shape index (κ3) is 4.48. The van der Waals surface area contributed by atoms with Crippen LogP contribution in [0.15, 0.2) is 34.1 Å². The zero-order chi connectivity index (χ0) is 22.7. The standard InChI is InChI=1S/C24H28N2O6S/c25-21-3-1-13(5-15-9-29-15)19(7-17-11-31-17)23(21)33(27,28)24-20(8-18-12-32-18)14(2-4-22(24)26)6-16-10-30-16/h1-4,15-18H,5-12,25-26H2. The molecule has 0 radical (unpaired) electrons. The van der Waals surface area contributed by atoms with Crippen molar-refractivity contribution in [3.63, 3.8) is 0 Å². The van der Waals surface area contributed by atoms with Crippen molar-refractivity contribution in [2.24, 2.45) is 0 Å².